The lowest BCUT2D eigenvalue weighted by molar-refractivity contribution is -0.118. The average molecular weight is 908 g/mol. The van der Waals surface area contributed by atoms with E-state index in [9.17, 15) is 19.5 Å². The topological polar surface area (TPSA) is 102 Å². The van der Waals surface area contributed by atoms with Crippen LogP contribution in [0.15, 0.2) is 156 Å². The average Bonchev–Trinajstić information content (AvgIpc) is 3.25. The Bertz CT molecular complexity index is 2840. The molecule has 3 N–H and O–H groups in total. The Hall–Kier alpha value is -7.06. The Labute approximate surface area is 403 Å². The molecule has 5 aromatic rings. The number of carbonyl (C=O) groups excluding carboxylic acids is 3. The molecule has 0 atom stereocenters. The van der Waals surface area contributed by atoms with E-state index in [4.69, 9.17) is 0 Å². The van der Waals surface area contributed by atoms with Gasteiger partial charge in [-0.3, -0.25) is 14.4 Å². The smallest absolute Gasteiger partial charge is 0.221 e. The Morgan fingerprint density at radius 1 is 0.515 bits per heavy atom. The van der Waals surface area contributed by atoms with Crippen LogP contribution >= 0.6 is 0 Å². The van der Waals surface area contributed by atoms with Crippen molar-refractivity contribution in [2.75, 3.05) is 10.2 Å². The van der Waals surface area contributed by atoms with Gasteiger partial charge in [0, 0.05) is 78.5 Å². The molecule has 350 valence electrons. The number of hydrogen-bond donors (Lipinski definition) is 3. The maximum atomic E-state index is 14.5. The molecular formula is C60H67N4O4+. The molecule has 5 aromatic carbocycles. The Morgan fingerprint density at radius 2 is 0.912 bits per heavy atom. The first-order chi connectivity index (χ1) is 31.7. The van der Waals surface area contributed by atoms with E-state index >= 15 is 0 Å². The molecule has 0 unspecified atom stereocenters. The van der Waals surface area contributed by atoms with E-state index in [1.54, 1.807) is 12.1 Å². The molecule has 2 aliphatic rings. The summed E-state index contributed by atoms with van der Waals surface area (Å²) < 4.78 is 2.12. The van der Waals surface area contributed by atoms with Crippen LogP contribution in [-0.4, -0.2) is 28.4 Å². The number of aliphatic hydroxyl groups excluding tert-OH is 1. The van der Waals surface area contributed by atoms with E-state index in [1.807, 2.05) is 24.3 Å². The van der Waals surface area contributed by atoms with Gasteiger partial charge >= 0.3 is 0 Å². The highest BCUT2D eigenvalue weighted by Gasteiger charge is 2.40. The van der Waals surface area contributed by atoms with Gasteiger partial charge in [-0.05, 0) is 92.5 Å². The number of Topliss-reactive ketones (excluding diaryl/α,β-unsaturated/α-hetero) is 1. The first kappa shape index (κ1) is 48.9. The fourth-order valence-corrected chi connectivity index (χ4v) is 8.60. The van der Waals surface area contributed by atoms with Gasteiger partial charge in [-0.1, -0.05) is 132 Å². The van der Waals surface area contributed by atoms with E-state index in [2.05, 4.69) is 200 Å². The van der Waals surface area contributed by atoms with Crippen LogP contribution in [0.5, 0.6) is 0 Å². The third kappa shape index (κ3) is 10.2. The molecule has 2 aliphatic carbocycles. The number of rotatable bonds is 8. The highest BCUT2D eigenvalue weighted by molar-refractivity contribution is 6.40. The lowest BCUT2D eigenvalue weighted by atomic mass is 9.78. The van der Waals surface area contributed by atoms with Crippen LogP contribution < -0.4 is 20.1 Å². The quantitative estimate of drug-likeness (QED) is 0.106. The summed E-state index contributed by atoms with van der Waals surface area (Å²) in [6.45, 7) is 29.0. The summed E-state index contributed by atoms with van der Waals surface area (Å²) in [4.78, 5) is 42.3. The van der Waals surface area contributed by atoms with Gasteiger partial charge in [0.25, 0.3) is 0 Å². The van der Waals surface area contributed by atoms with Gasteiger partial charge in [0.1, 0.15) is 5.76 Å². The van der Waals surface area contributed by atoms with Crippen LogP contribution in [-0.2, 0) is 36.0 Å². The molecule has 0 saturated carbocycles. The van der Waals surface area contributed by atoms with Gasteiger partial charge in [-0.2, -0.15) is 4.58 Å². The predicted molar refractivity (Wildman–Crippen MR) is 282 cm³/mol. The standard InChI is InChI=1S/C60H66N4O4/c1-37(65)61-51-35-47(63(43-23-15-39(16-24-43)57(3,4)5)44-25-17-40(18-26-44)58(6,7)8)31-33-49(51)53-55(67)54(56(53)68)50-34-32-48(36-52(50)62-38(2)66)64(45-27-19-41(20-28-45)59(9,10)11)46-29-21-42(22-30-46)60(12,13)14/h15-36H,1-14H3,(H2,61,62,65,66,67,68)/p+1. The van der Waals surface area contributed by atoms with Crippen LogP contribution in [0.4, 0.5) is 34.1 Å². The molecule has 0 fully saturated rings. The van der Waals surface area contributed by atoms with Gasteiger partial charge in [0.15, 0.2) is 0 Å². The number of amides is 2. The van der Waals surface area contributed by atoms with Crippen molar-refractivity contribution in [2.24, 2.45) is 0 Å². The molecule has 68 heavy (non-hydrogen) atoms. The molecule has 8 heteroatoms. The Balaban J connectivity index is 1.35. The summed E-state index contributed by atoms with van der Waals surface area (Å²) in [6, 6.07) is 39.3. The summed E-state index contributed by atoms with van der Waals surface area (Å²) in [5.41, 5.74) is 11.4. The monoisotopic (exact) mass is 908 g/mol. The van der Waals surface area contributed by atoms with Gasteiger partial charge in [-0.15, -0.1) is 0 Å². The second-order valence-electron chi connectivity index (χ2n) is 22.1. The number of ketones is 1. The van der Waals surface area contributed by atoms with Crippen molar-refractivity contribution in [3.63, 3.8) is 0 Å². The van der Waals surface area contributed by atoms with E-state index in [-0.39, 0.29) is 50.4 Å². The summed E-state index contributed by atoms with van der Waals surface area (Å²) in [7, 11) is 0. The van der Waals surface area contributed by atoms with E-state index in [0.717, 1.165) is 34.1 Å². The van der Waals surface area contributed by atoms with Crippen molar-refractivity contribution in [3.8, 4) is 0 Å². The van der Waals surface area contributed by atoms with Gasteiger partial charge < -0.3 is 20.6 Å². The van der Waals surface area contributed by atoms with Crippen molar-refractivity contribution in [3.05, 3.63) is 184 Å². The van der Waals surface area contributed by atoms with Gasteiger partial charge in [-0.25, -0.2) is 0 Å². The molecule has 0 aliphatic heterocycles. The highest BCUT2D eigenvalue weighted by atomic mass is 16.3. The maximum absolute atomic E-state index is 14.5. The maximum Gasteiger partial charge on any atom is 0.221 e. The minimum atomic E-state index is -0.416. The molecule has 7 rings (SSSR count). The van der Waals surface area contributed by atoms with Crippen LogP contribution in [0, 0.1) is 0 Å². The lowest BCUT2D eigenvalue weighted by Crippen LogP contribution is -2.30. The lowest BCUT2D eigenvalue weighted by Gasteiger charge is -2.30. The Morgan fingerprint density at radius 3 is 1.29 bits per heavy atom. The zero-order chi connectivity index (χ0) is 49.7. The second-order valence-corrected chi connectivity index (χ2v) is 22.1. The third-order valence-corrected chi connectivity index (χ3v) is 12.6. The van der Waals surface area contributed by atoms with E-state index in [0.29, 0.717) is 22.5 Å². The number of aliphatic hydroxyl groups is 1. The van der Waals surface area contributed by atoms with Crippen LogP contribution in [0.1, 0.15) is 125 Å². The van der Waals surface area contributed by atoms with Crippen LogP contribution in [0.2, 0.25) is 0 Å². The van der Waals surface area contributed by atoms with Crippen molar-refractivity contribution in [1.29, 1.82) is 0 Å². The summed E-state index contributed by atoms with van der Waals surface area (Å²) in [5, 5.41) is 17.9. The fourth-order valence-electron chi connectivity index (χ4n) is 8.60. The minimum Gasteiger partial charge on any atom is -0.506 e. The van der Waals surface area contributed by atoms with Crippen molar-refractivity contribution in [2.45, 2.75) is 119 Å². The molecular weight excluding hydrogens is 841 g/mol. The number of nitrogens with one attached hydrogen (secondary N) is 2. The summed E-state index contributed by atoms with van der Waals surface area (Å²) in [6.07, 6.45) is 5.51. The normalized spacial score (nSPS) is 15.5. The first-order valence-electron chi connectivity index (χ1n) is 23.4. The zero-order valence-electron chi connectivity index (χ0n) is 42.3. The molecule has 0 heterocycles. The molecule has 8 nitrogen and oxygen atoms in total. The predicted octanol–water partition coefficient (Wildman–Crippen LogP) is 14.0. The van der Waals surface area contributed by atoms with E-state index in [1.165, 1.54) is 36.1 Å². The number of allylic oxidation sites excluding steroid dienone is 5. The van der Waals surface area contributed by atoms with Crippen molar-refractivity contribution >= 4 is 63.0 Å². The Kier molecular flexibility index (Phi) is 13.1. The minimum absolute atomic E-state index is 0.0397. The number of carbonyl (C=O) groups is 3. The number of benzene rings is 5. The van der Waals surface area contributed by atoms with Crippen LogP contribution in [0.25, 0.3) is 5.57 Å². The largest absolute Gasteiger partial charge is 0.506 e. The van der Waals surface area contributed by atoms with Crippen molar-refractivity contribution < 1.29 is 19.5 Å². The molecule has 2 amide bonds. The molecule has 0 bridgehead atoms. The number of nitrogens with zero attached hydrogens (tertiary/aromatic N) is 2. The second kappa shape index (κ2) is 18.2. The molecule has 0 spiro atoms. The van der Waals surface area contributed by atoms with Gasteiger partial charge in [0.2, 0.25) is 34.7 Å². The van der Waals surface area contributed by atoms with Crippen molar-refractivity contribution in [1.82, 2.24) is 9.89 Å². The van der Waals surface area contributed by atoms with Crippen LogP contribution in [0.3, 0.4) is 0 Å². The SMILES string of the molecule is CC(=O)NC1=CC(=[N+](c2ccc(C(C)(C)C)cc2)c2ccc(C(C)(C)C)cc2)C=C/C1=C1/C(=O)C(c2ccc(N(c3ccc(C(C)(C)C)cc3)c3ccc(C(C)(C)C)cc3)cc2NC(C)=O)=C1O. The molecule has 0 radical (unpaired) electrons. The third-order valence-electron chi connectivity index (χ3n) is 12.6. The van der Waals surface area contributed by atoms with Gasteiger partial charge in [0.05, 0.1) is 22.5 Å². The number of anilines is 4. The highest BCUT2D eigenvalue weighted by Crippen LogP contribution is 2.45. The number of hydrogen-bond acceptors (Lipinski definition) is 5. The summed E-state index contributed by atoms with van der Waals surface area (Å²) in [5.74, 6) is -1.30. The molecule has 0 aromatic heterocycles. The summed E-state index contributed by atoms with van der Waals surface area (Å²) >= 11 is 0. The zero-order valence-corrected chi connectivity index (χ0v) is 42.3. The van der Waals surface area contributed by atoms with E-state index < -0.39 is 5.78 Å². The molecule has 0 saturated heterocycles. The fraction of sp³-hybridized carbons (Fsp3) is 0.300. The first-order valence-corrected chi connectivity index (χ1v) is 23.4.